The van der Waals surface area contributed by atoms with Crippen molar-refractivity contribution in [1.82, 2.24) is 14.9 Å². The van der Waals surface area contributed by atoms with E-state index in [0.717, 1.165) is 0 Å². The highest BCUT2D eigenvalue weighted by Gasteiger charge is 2.48. The molecule has 152 valence electrons. The fourth-order valence-corrected chi connectivity index (χ4v) is 3.71. The summed E-state index contributed by atoms with van der Waals surface area (Å²) in [4.78, 5) is 31.4. The van der Waals surface area contributed by atoms with Gasteiger partial charge >= 0.3 is 12.1 Å². The summed E-state index contributed by atoms with van der Waals surface area (Å²) in [7, 11) is 0. The van der Waals surface area contributed by atoms with Crippen molar-refractivity contribution in [1.29, 1.82) is 0 Å². The number of aromatic nitrogens is 2. The maximum absolute atomic E-state index is 12.8. The second-order valence-corrected chi connectivity index (χ2v) is 7.04. The van der Waals surface area contributed by atoms with Crippen LogP contribution in [0.15, 0.2) is 18.2 Å². The molecule has 7 nitrogen and oxygen atoms in total. The van der Waals surface area contributed by atoms with Gasteiger partial charge in [-0.05, 0) is 31.0 Å². The maximum Gasteiger partial charge on any atom is 0.449 e. The number of halogens is 3. The average molecular weight is 399 g/mol. The quantitative estimate of drug-likeness (QED) is 0.733. The molecule has 0 unspecified atom stereocenters. The number of β-amino-alcohol motifs (C(OH)–C–C–N with tert-alkyl or cyclic N) is 1. The number of rotatable bonds is 4. The lowest BCUT2D eigenvalue weighted by atomic mass is 9.72. The third-order valence-electron chi connectivity index (χ3n) is 5.27. The maximum atomic E-state index is 12.8. The monoisotopic (exact) mass is 399 g/mol. The smallest absolute Gasteiger partial charge is 0.449 e. The minimum Gasteiger partial charge on any atom is -0.481 e. The van der Waals surface area contributed by atoms with Crippen LogP contribution in [-0.4, -0.2) is 56.2 Å². The predicted molar refractivity (Wildman–Crippen MR) is 92.6 cm³/mol. The van der Waals surface area contributed by atoms with Crippen LogP contribution in [0.1, 0.15) is 42.4 Å². The number of aliphatic hydroxyl groups excluding tert-OH is 1. The van der Waals surface area contributed by atoms with Gasteiger partial charge in [-0.2, -0.15) is 13.2 Å². The molecule has 0 bridgehead atoms. The number of carbonyl (C=O) groups excluding carboxylic acids is 1. The number of nitrogens with zero attached hydrogens (tertiary/aromatic N) is 2. The number of hydrogen-bond acceptors (Lipinski definition) is 4. The van der Waals surface area contributed by atoms with E-state index in [1.165, 1.54) is 23.1 Å². The number of fused-ring (bicyclic) bond motifs is 1. The molecule has 2 aromatic rings. The second kappa shape index (κ2) is 7.08. The number of alkyl halides is 3. The first-order valence-corrected chi connectivity index (χ1v) is 8.86. The van der Waals surface area contributed by atoms with E-state index in [1.54, 1.807) is 0 Å². The Morgan fingerprint density at radius 3 is 2.68 bits per heavy atom. The largest absolute Gasteiger partial charge is 0.481 e. The first kappa shape index (κ1) is 20.1. The molecule has 0 aliphatic carbocycles. The lowest BCUT2D eigenvalue weighted by Crippen LogP contribution is -2.56. The molecule has 1 aliphatic heterocycles. The first-order valence-electron chi connectivity index (χ1n) is 8.86. The van der Waals surface area contributed by atoms with Crippen LogP contribution in [0.25, 0.3) is 11.0 Å². The molecule has 10 heteroatoms. The van der Waals surface area contributed by atoms with Crippen LogP contribution in [0.4, 0.5) is 13.2 Å². The Hall–Kier alpha value is -2.62. The van der Waals surface area contributed by atoms with Gasteiger partial charge < -0.3 is 20.1 Å². The summed E-state index contributed by atoms with van der Waals surface area (Å²) < 4.78 is 38.3. The summed E-state index contributed by atoms with van der Waals surface area (Å²) in [6.07, 6.45) is -4.87. The molecule has 1 saturated heterocycles. The van der Waals surface area contributed by atoms with Crippen molar-refractivity contribution < 1.29 is 33.0 Å². The lowest BCUT2D eigenvalue weighted by Gasteiger charge is -2.42. The van der Waals surface area contributed by atoms with Crippen LogP contribution in [0, 0.1) is 5.41 Å². The number of carboxylic acid groups (broad SMARTS) is 1. The summed E-state index contributed by atoms with van der Waals surface area (Å²) in [5, 5.41) is 20.0. The Morgan fingerprint density at radius 2 is 2.11 bits per heavy atom. The number of nitrogens with one attached hydrogen (secondary N) is 1. The standard InChI is InChI=1S/C18H20F3N3O4/c1-2-5-17(16(27)28)6-7-24(9-13(17)25)14(26)10-3-4-11-12(8-10)23-15(22-11)18(19,20)21/h3-4,8,13,25H,2,5-7,9H2,1H3,(H,22,23)(H,27,28)/t13-,17-/m0/s1. The summed E-state index contributed by atoms with van der Waals surface area (Å²) in [5.41, 5.74) is -1.01. The zero-order chi connectivity index (χ0) is 20.7. The number of piperidine rings is 1. The number of aliphatic carboxylic acids is 1. The molecule has 0 saturated carbocycles. The molecule has 3 N–H and O–H groups in total. The summed E-state index contributed by atoms with van der Waals surface area (Å²) in [6.45, 7) is 1.81. The van der Waals surface area contributed by atoms with Crippen molar-refractivity contribution in [3.63, 3.8) is 0 Å². The van der Waals surface area contributed by atoms with Crippen LogP contribution in [-0.2, 0) is 11.0 Å². The third kappa shape index (κ3) is 3.44. The highest BCUT2D eigenvalue weighted by Crippen LogP contribution is 2.37. The van der Waals surface area contributed by atoms with Crippen molar-refractivity contribution in [3.05, 3.63) is 29.6 Å². The number of imidazole rings is 1. The van der Waals surface area contributed by atoms with E-state index in [2.05, 4.69) is 9.97 Å². The van der Waals surface area contributed by atoms with Gasteiger partial charge in [-0.3, -0.25) is 9.59 Å². The summed E-state index contributed by atoms with van der Waals surface area (Å²) >= 11 is 0. The van der Waals surface area contributed by atoms with E-state index < -0.39 is 35.4 Å². The van der Waals surface area contributed by atoms with Crippen molar-refractivity contribution in [3.8, 4) is 0 Å². The van der Waals surface area contributed by atoms with Crippen LogP contribution in [0.5, 0.6) is 0 Å². The minimum absolute atomic E-state index is 0.0709. The van der Waals surface area contributed by atoms with Crippen LogP contribution in [0.2, 0.25) is 0 Å². The molecule has 0 spiro atoms. The number of hydrogen-bond donors (Lipinski definition) is 3. The van der Waals surface area contributed by atoms with Gasteiger partial charge in [-0.25, -0.2) is 4.98 Å². The van der Waals surface area contributed by atoms with Gasteiger partial charge in [-0.1, -0.05) is 13.3 Å². The van der Waals surface area contributed by atoms with Crippen LogP contribution >= 0.6 is 0 Å². The fourth-order valence-electron chi connectivity index (χ4n) is 3.71. The Bertz CT molecular complexity index is 911. The zero-order valence-corrected chi connectivity index (χ0v) is 15.1. The van der Waals surface area contributed by atoms with Crippen LogP contribution in [0.3, 0.4) is 0 Å². The first-order chi connectivity index (χ1) is 13.1. The number of benzene rings is 1. The Balaban J connectivity index is 1.82. The minimum atomic E-state index is -4.63. The van der Waals surface area contributed by atoms with Crippen LogP contribution < -0.4 is 0 Å². The molecule has 0 radical (unpaired) electrons. The molecule has 1 aliphatic rings. The summed E-state index contributed by atoms with van der Waals surface area (Å²) in [5.74, 6) is -2.72. The second-order valence-electron chi connectivity index (χ2n) is 7.04. The van der Waals surface area contributed by atoms with Crippen molar-refractivity contribution >= 4 is 22.9 Å². The van der Waals surface area contributed by atoms with Gasteiger partial charge in [0.15, 0.2) is 0 Å². The van der Waals surface area contributed by atoms with Gasteiger partial charge in [0.25, 0.3) is 5.91 Å². The molecule has 2 heterocycles. The van der Waals surface area contributed by atoms with Gasteiger partial charge in [0.2, 0.25) is 5.82 Å². The van der Waals surface area contributed by atoms with Gasteiger partial charge in [0.05, 0.1) is 22.6 Å². The highest BCUT2D eigenvalue weighted by molar-refractivity contribution is 5.97. The van der Waals surface area contributed by atoms with Gasteiger partial charge in [0, 0.05) is 18.7 Å². The number of aromatic amines is 1. The number of H-pyrrole nitrogens is 1. The Kier molecular flexibility index (Phi) is 5.09. The van der Waals surface area contributed by atoms with E-state index in [9.17, 15) is 33.0 Å². The highest BCUT2D eigenvalue weighted by atomic mass is 19.4. The molecule has 1 aromatic carbocycles. The number of amides is 1. The topological polar surface area (TPSA) is 107 Å². The normalized spacial score (nSPS) is 23.2. The molecule has 1 amide bonds. The zero-order valence-electron chi connectivity index (χ0n) is 15.1. The molecular weight excluding hydrogens is 379 g/mol. The Labute approximate surface area is 158 Å². The molecule has 2 atom stereocenters. The summed E-state index contributed by atoms with van der Waals surface area (Å²) in [6, 6.07) is 3.95. The van der Waals surface area contributed by atoms with E-state index in [0.29, 0.717) is 12.8 Å². The van der Waals surface area contributed by atoms with Gasteiger partial charge in [-0.15, -0.1) is 0 Å². The molecule has 3 rings (SSSR count). The number of carbonyl (C=O) groups is 2. The molecular formula is C18H20F3N3O4. The number of aliphatic hydroxyl groups is 1. The molecule has 1 fully saturated rings. The van der Waals surface area contributed by atoms with Gasteiger partial charge in [0.1, 0.15) is 0 Å². The predicted octanol–water partition coefficient (Wildman–Crippen LogP) is 2.66. The number of likely N-dealkylation sites (tertiary alicyclic amines) is 1. The molecule has 28 heavy (non-hydrogen) atoms. The van der Waals surface area contributed by atoms with Crippen molar-refractivity contribution in [2.75, 3.05) is 13.1 Å². The van der Waals surface area contributed by atoms with E-state index in [4.69, 9.17) is 0 Å². The van der Waals surface area contributed by atoms with Crippen molar-refractivity contribution in [2.24, 2.45) is 5.41 Å². The lowest BCUT2D eigenvalue weighted by molar-refractivity contribution is -0.162. The van der Waals surface area contributed by atoms with E-state index in [1.807, 2.05) is 6.92 Å². The fraction of sp³-hybridized carbons (Fsp3) is 0.500. The average Bonchev–Trinajstić information content (AvgIpc) is 3.06. The number of carboxylic acids is 1. The van der Waals surface area contributed by atoms with E-state index >= 15 is 0 Å². The Morgan fingerprint density at radius 1 is 1.39 bits per heavy atom. The SMILES string of the molecule is CCC[C@]1(C(=O)O)CCN(C(=O)c2ccc3nc(C(F)(F)F)[nH]c3c2)C[C@@H]1O. The molecule has 1 aromatic heterocycles. The van der Waals surface area contributed by atoms with E-state index in [-0.39, 0.29) is 36.1 Å². The third-order valence-corrected chi connectivity index (χ3v) is 5.27. The van der Waals surface area contributed by atoms with Crippen molar-refractivity contribution in [2.45, 2.75) is 38.5 Å².